The van der Waals surface area contributed by atoms with Gasteiger partial charge in [-0.1, -0.05) is 42.5 Å². The van der Waals surface area contributed by atoms with Gasteiger partial charge in [-0.15, -0.1) is 0 Å². The Morgan fingerprint density at radius 1 is 0.963 bits per heavy atom. The van der Waals surface area contributed by atoms with Crippen molar-refractivity contribution in [2.75, 3.05) is 4.72 Å². The average molecular weight is 378 g/mol. The highest BCUT2D eigenvalue weighted by atomic mass is 32.2. The van der Waals surface area contributed by atoms with Crippen LogP contribution >= 0.6 is 0 Å². The van der Waals surface area contributed by atoms with Gasteiger partial charge < -0.3 is 4.57 Å². The van der Waals surface area contributed by atoms with Crippen LogP contribution in [-0.2, 0) is 16.6 Å². The Labute approximate surface area is 157 Å². The smallest absolute Gasteiger partial charge is 0.295 e. The first kappa shape index (κ1) is 17.2. The topological polar surface area (TPSA) is 76.9 Å². The van der Waals surface area contributed by atoms with Crippen LogP contribution in [0.4, 0.5) is 5.69 Å². The molecule has 0 fully saturated rings. The van der Waals surface area contributed by atoms with E-state index in [0.717, 1.165) is 16.5 Å². The summed E-state index contributed by atoms with van der Waals surface area (Å²) in [6.07, 6.45) is 4.81. The van der Waals surface area contributed by atoms with Crippen LogP contribution in [-0.4, -0.2) is 23.0 Å². The summed E-state index contributed by atoms with van der Waals surface area (Å²) in [5.74, 6) is 0. The van der Waals surface area contributed by atoms with E-state index in [1.165, 1.54) is 6.20 Å². The fourth-order valence-electron chi connectivity index (χ4n) is 3.10. The zero-order valence-electron chi connectivity index (χ0n) is 14.7. The van der Waals surface area contributed by atoms with Gasteiger partial charge in [0.25, 0.3) is 10.0 Å². The van der Waals surface area contributed by atoms with Crippen molar-refractivity contribution in [3.63, 3.8) is 0 Å². The molecule has 0 bridgehead atoms. The number of pyridine rings is 1. The molecule has 0 saturated heterocycles. The summed E-state index contributed by atoms with van der Waals surface area (Å²) in [4.78, 5) is 8.41. The number of nitrogens with one attached hydrogen (secondary N) is 1. The third kappa shape index (κ3) is 3.17. The molecule has 7 heteroatoms. The molecule has 0 aliphatic rings. The normalized spacial score (nSPS) is 11.6. The minimum absolute atomic E-state index is 0.0128. The van der Waals surface area contributed by atoms with Gasteiger partial charge in [0.15, 0.2) is 0 Å². The molecule has 0 aliphatic carbocycles. The number of para-hydroxylation sites is 1. The van der Waals surface area contributed by atoms with E-state index in [1.54, 1.807) is 23.0 Å². The molecule has 2 aromatic carbocycles. The zero-order chi connectivity index (χ0) is 18.9. The molecule has 0 radical (unpaired) electrons. The highest BCUT2D eigenvalue weighted by Crippen LogP contribution is 2.31. The van der Waals surface area contributed by atoms with Crippen LogP contribution in [0.2, 0.25) is 0 Å². The van der Waals surface area contributed by atoms with E-state index in [-0.39, 0.29) is 5.16 Å². The van der Waals surface area contributed by atoms with E-state index in [1.807, 2.05) is 55.5 Å². The van der Waals surface area contributed by atoms with Gasteiger partial charge >= 0.3 is 0 Å². The third-order valence-corrected chi connectivity index (χ3v) is 5.67. The molecule has 0 unspecified atom stereocenters. The van der Waals surface area contributed by atoms with Crippen molar-refractivity contribution < 1.29 is 8.42 Å². The molecule has 0 aliphatic heterocycles. The maximum Gasteiger partial charge on any atom is 0.295 e. The highest BCUT2D eigenvalue weighted by molar-refractivity contribution is 7.92. The summed E-state index contributed by atoms with van der Waals surface area (Å²) in [6.45, 7) is 2.38. The first-order valence-corrected chi connectivity index (χ1v) is 10.1. The van der Waals surface area contributed by atoms with Crippen LogP contribution in [0, 0.1) is 0 Å². The van der Waals surface area contributed by atoms with Gasteiger partial charge in [0.2, 0.25) is 5.16 Å². The SMILES string of the molecule is CCn1ccnc1S(=O)(=O)Nc1cccc2c(-c3ccccc3)ccnc12. The molecule has 27 heavy (non-hydrogen) atoms. The average Bonchev–Trinajstić information content (AvgIpc) is 3.18. The Morgan fingerprint density at radius 3 is 2.56 bits per heavy atom. The summed E-state index contributed by atoms with van der Waals surface area (Å²) >= 11 is 0. The van der Waals surface area contributed by atoms with E-state index in [4.69, 9.17) is 0 Å². The largest absolute Gasteiger partial charge is 0.321 e. The van der Waals surface area contributed by atoms with Gasteiger partial charge in [0.05, 0.1) is 11.2 Å². The van der Waals surface area contributed by atoms with E-state index in [2.05, 4.69) is 14.7 Å². The fourth-order valence-corrected chi connectivity index (χ4v) is 4.34. The Kier molecular flexibility index (Phi) is 4.37. The lowest BCUT2D eigenvalue weighted by Crippen LogP contribution is -2.18. The van der Waals surface area contributed by atoms with Crippen LogP contribution in [0.15, 0.2) is 78.3 Å². The minimum atomic E-state index is -3.82. The minimum Gasteiger partial charge on any atom is -0.321 e. The lowest BCUT2D eigenvalue weighted by atomic mass is 10.0. The second kappa shape index (κ2) is 6.85. The molecular formula is C20H18N4O2S. The number of benzene rings is 2. The van der Waals surface area contributed by atoms with Crippen LogP contribution in [0.3, 0.4) is 0 Å². The number of hydrogen-bond donors (Lipinski definition) is 1. The standard InChI is InChI=1S/C20H18N4O2S/c1-2-24-14-13-22-20(24)27(25,26)23-18-10-6-9-17-16(11-12-21-19(17)18)15-7-4-3-5-8-15/h3-14,23H,2H2,1H3. The number of fused-ring (bicyclic) bond motifs is 1. The number of aryl methyl sites for hydroxylation is 1. The van der Waals surface area contributed by atoms with Crippen molar-refractivity contribution in [2.45, 2.75) is 18.6 Å². The Balaban J connectivity index is 1.82. The van der Waals surface area contributed by atoms with Crippen LogP contribution < -0.4 is 4.72 Å². The van der Waals surface area contributed by atoms with Crippen LogP contribution in [0.5, 0.6) is 0 Å². The van der Waals surface area contributed by atoms with Gasteiger partial charge in [-0.25, -0.2) is 4.98 Å². The molecule has 1 N–H and O–H groups in total. The molecule has 2 aromatic heterocycles. The third-order valence-electron chi connectivity index (χ3n) is 4.36. The lowest BCUT2D eigenvalue weighted by molar-refractivity contribution is 0.574. The second-order valence-corrected chi connectivity index (χ2v) is 7.60. The number of imidazole rings is 1. The van der Waals surface area contributed by atoms with Crippen molar-refractivity contribution in [1.29, 1.82) is 0 Å². The molecular weight excluding hydrogens is 360 g/mol. The second-order valence-electron chi connectivity index (χ2n) is 6.03. The summed E-state index contributed by atoms with van der Waals surface area (Å²) in [5, 5.41) is 0.865. The summed E-state index contributed by atoms with van der Waals surface area (Å²) in [7, 11) is -3.82. The Morgan fingerprint density at radius 2 is 1.78 bits per heavy atom. The molecule has 4 aromatic rings. The zero-order valence-corrected chi connectivity index (χ0v) is 15.5. The molecule has 0 atom stereocenters. The van der Waals surface area contributed by atoms with Crippen molar-refractivity contribution >= 4 is 26.6 Å². The number of rotatable bonds is 5. The Hall–Kier alpha value is -3.19. The van der Waals surface area contributed by atoms with E-state index in [0.29, 0.717) is 17.7 Å². The predicted octanol–water partition coefficient (Wildman–Crippen LogP) is 3.92. The molecule has 136 valence electrons. The van der Waals surface area contributed by atoms with Crippen molar-refractivity contribution in [3.05, 3.63) is 73.2 Å². The molecule has 6 nitrogen and oxygen atoms in total. The van der Waals surface area contributed by atoms with E-state index in [9.17, 15) is 8.42 Å². The molecule has 0 saturated carbocycles. The number of aromatic nitrogens is 3. The van der Waals surface area contributed by atoms with E-state index < -0.39 is 10.0 Å². The number of anilines is 1. The van der Waals surface area contributed by atoms with Gasteiger partial charge in [-0.3, -0.25) is 9.71 Å². The summed E-state index contributed by atoms with van der Waals surface area (Å²) < 4.78 is 29.9. The number of nitrogens with zero attached hydrogens (tertiary/aromatic N) is 3. The quantitative estimate of drug-likeness (QED) is 0.571. The van der Waals surface area contributed by atoms with Gasteiger partial charge in [-0.05, 0) is 30.2 Å². The Bertz CT molecular complexity index is 1200. The first-order valence-electron chi connectivity index (χ1n) is 8.57. The molecule has 0 spiro atoms. The number of hydrogen-bond acceptors (Lipinski definition) is 4. The maximum atomic E-state index is 12.8. The number of sulfonamides is 1. The van der Waals surface area contributed by atoms with Crippen LogP contribution in [0.1, 0.15) is 6.92 Å². The molecule has 4 rings (SSSR count). The van der Waals surface area contributed by atoms with Crippen molar-refractivity contribution in [3.8, 4) is 11.1 Å². The highest BCUT2D eigenvalue weighted by Gasteiger charge is 2.21. The monoisotopic (exact) mass is 378 g/mol. The molecule has 2 heterocycles. The van der Waals surface area contributed by atoms with Crippen molar-refractivity contribution in [2.24, 2.45) is 0 Å². The van der Waals surface area contributed by atoms with Gasteiger partial charge in [-0.2, -0.15) is 8.42 Å². The summed E-state index contributed by atoms with van der Waals surface area (Å²) in [6, 6.07) is 17.3. The lowest BCUT2D eigenvalue weighted by Gasteiger charge is -2.12. The first-order chi connectivity index (χ1) is 13.1. The fraction of sp³-hybridized carbons (Fsp3) is 0.100. The van der Waals surface area contributed by atoms with Gasteiger partial charge in [0, 0.05) is 30.5 Å². The predicted molar refractivity (Wildman–Crippen MR) is 106 cm³/mol. The summed E-state index contributed by atoms with van der Waals surface area (Å²) in [5.41, 5.74) is 3.07. The van der Waals surface area contributed by atoms with Crippen LogP contribution in [0.25, 0.3) is 22.0 Å². The van der Waals surface area contributed by atoms with Crippen molar-refractivity contribution in [1.82, 2.24) is 14.5 Å². The van der Waals surface area contributed by atoms with E-state index >= 15 is 0 Å². The maximum absolute atomic E-state index is 12.8. The molecule has 0 amide bonds. The van der Waals surface area contributed by atoms with Gasteiger partial charge in [0.1, 0.15) is 0 Å².